The third kappa shape index (κ3) is 13.6. The zero-order valence-electron chi connectivity index (χ0n) is 36.0. The summed E-state index contributed by atoms with van der Waals surface area (Å²) in [5.74, 6) is -0.697. The van der Waals surface area contributed by atoms with E-state index in [1.54, 1.807) is 0 Å². The first-order chi connectivity index (χ1) is 31.4. The first kappa shape index (κ1) is 44.8. The van der Waals surface area contributed by atoms with Crippen LogP contribution in [-0.2, 0) is 45.0 Å². The summed E-state index contributed by atoms with van der Waals surface area (Å²) in [4.78, 5) is 57.5. The molecule has 64 heavy (non-hydrogen) atoms. The minimum atomic E-state index is -0.907. The topological polar surface area (TPSA) is 112 Å². The number of aryl methyl sites for hydroxylation is 2. The highest BCUT2D eigenvalue weighted by Crippen LogP contribution is 2.37. The number of unbranched alkanes of at least 4 members (excludes halogenated alkanes) is 2. The Morgan fingerprint density at radius 1 is 0.391 bits per heavy atom. The van der Waals surface area contributed by atoms with Gasteiger partial charge < -0.3 is 28.7 Å². The van der Waals surface area contributed by atoms with Crippen molar-refractivity contribution in [2.75, 3.05) is 13.1 Å². The molecule has 10 nitrogen and oxygen atoms in total. The minimum absolute atomic E-state index is 0.206. The molecule has 0 aromatic heterocycles. The van der Waals surface area contributed by atoms with E-state index < -0.39 is 36.0 Å². The molecule has 1 fully saturated rings. The van der Waals surface area contributed by atoms with Gasteiger partial charge in [-0.1, -0.05) is 121 Å². The summed E-state index contributed by atoms with van der Waals surface area (Å²) < 4.78 is 22.8. The van der Waals surface area contributed by atoms with Crippen LogP contribution in [0.3, 0.4) is 0 Å². The first-order valence-electron chi connectivity index (χ1n) is 22.1. The van der Waals surface area contributed by atoms with Gasteiger partial charge in [-0.25, -0.2) is 9.59 Å². The Morgan fingerprint density at radius 2 is 0.719 bits per heavy atom. The van der Waals surface area contributed by atoms with Crippen LogP contribution in [-0.4, -0.2) is 47.0 Å². The highest BCUT2D eigenvalue weighted by molar-refractivity contribution is 5.93. The van der Waals surface area contributed by atoms with E-state index in [9.17, 15) is 19.2 Å². The molecule has 0 bridgehead atoms. The molecular formula is C54H54N2O8. The number of benzene rings is 6. The Bertz CT molecular complexity index is 2210. The lowest BCUT2D eigenvalue weighted by atomic mass is 9.74. The Balaban J connectivity index is 0.952. The predicted octanol–water partition coefficient (Wildman–Crippen LogP) is 12.0. The molecule has 0 spiro atoms. The summed E-state index contributed by atoms with van der Waals surface area (Å²) in [5.41, 5.74) is 4.07. The predicted molar refractivity (Wildman–Crippen MR) is 245 cm³/mol. The molecule has 1 aliphatic carbocycles. The molecule has 2 amide bonds. The Labute approximate surface area is 375 Å². The van der Waals surface area contributed by atoms with Gasteiger partial charge in [0.15, 0.2) is 0 Å². The molecule has 0 aliphatic heterocycles. The van der Waals surface area contributed by atoms with Crippen molar-refractivity contribution in [2.45, 2.75) is 64.5 Å². The lowest BCUT2D eigenvalue weighted by Gasteiger charge is -2.33. The second kappa shape index (κ2) is 23.3. The van der Waals surface area contributed by atoms with E-state index in [2.05, 4.69) is 24.3 Å². The van der Waals surface area contributed by atoms with Gasteiger partial charge in [0.2, 0.25) is 0 Å². The van der Waals surface area contributed by atoms with E-state index in [-0.39, 0.29) is 13.1 Å². The van der Waals surface area contributed by atoms with E-state index >= 15 is 0 Å². The van der Waals surface area contributed by atoms with Crippen LogP contribution in [0.2, 0.25) is 0 Å². The molecule has 328 valence electrons. The summed E-state index contributed by atoms with van der Waals surface area (Å²) in [6.07, 6.45) is 3.81. The molecule has 6 aromatic carbocycles. The van der Waals surface area contributed by atoms with E-state index in [0.29, 0.717) is 61.8 Å². The van der Waals surface area contributed by atoms with E-state index in [1.165, 1.54) is 20.9 Å². The molecule has 7 rings (SSSR count). The van der Waals surface area contributed by atoms with Crippen LogP contribution in [0.25, 0.3) is 0 Å². The Hall–Kier alpha value is -7.20. The minimum Gasteiger partial charge on any atom is -0.457 e. The quantitative estimate of drug-likeness (QED) is 0.0424. The number of rotatable bonds is 20. The lowest BCUT2D eigenvalue weighted by Crippen LogP contribution is -2.44. The Kier molecular flexibility index (Phi) is 16.3. The number of esters is 2. The third-order valence-corrected chi connectivity index (χ3v) is 11.3. The third-order valence-electron chi connectivity index (χ3n) is 11.3. The summed E-state index contributed by atoms with van der Waals surface area (Å²) >= 11 is 0. The fourth-order valence-electron chi connectivity index (χ4n) is 7.56. The largest absolute Gasteiger partial charge is 0.457 e. The molecule has 2 unspecified atom stereocenters. The summed E-state index contributed by atoms with van der Waals surface area (Å²) in [6, 6.07) is 54.0. The number of carbonyl (C=O) groups is 4. The van der Waals surface area contributed by atoms with Crippen molar-refractivity contribution in [1.82, 2.24) is 9.80 Å². The van der Waals surface area contributed by atoms with Crippen molar-refractivity contribution in [2.24, 2.45) is 11.8 Å². The van der Waals surface area contributed by atoms with E-state index in [0.717, 1.165) is 36.8 Å². The van der Waals surface area contributed by atoms with Crippen LogP contribution in [0.5, 0.6) is 23.0 Å². The van der Waals surface area contributed by atoms with Crippen molar-refractivity contribution in [3.63, 3.8) is 0 Å². The maximum absolute atomic E-state index is 13.7. The van der Waals surface area contributed by atoms with Crippen LogP contribution in [0, 0.1) is 11.8 Å². The number of para-hydroxylation sites is 2. The van der Waals surface area contributed by atoms with Crippen LogP contribution < -0.4 is 9.47 Å². The number of ether oxygens (including phenoxy) is 4. The van der Waals surface area contributed by atoms with Gasteiger partial charge in [-0.15, -0.1) is 0 Å². The average Bonchev–Trinajstić information content (AvgIpc) is 3.30. The van der Waals surface area contributed by atoms with Gasteiger partial charge in [0.1, 0.15) is 23.0 Å². The second-order valence-electron chi connectivity index (χ2n) is 16.0. The monoisotopic (exact) mass is 858 g/mol. The van der Waals surface area contributed by atoms with Crippen LogP contribution in [0.15, 0.2) is 170 Å². The van der Waals surface area contributed by atoms with Crippen LogP contribution in [0.4, 0.5) is 9.59 Å². The zero-order valence-corrected chi connectivity index (χ0v) is 36.0. The van der Waals surface area contributed by atoms with Crippen molar-refractivity contribution >= 4 is 24.1 Å². The van der Waals surface area contributed by atoms with Crippen LogP contribution >= 0.6 is 0 Å². The Morgan fingerprint density at radius 3 is 1.06 bits per heavy atom. The fourth-order valence-corrected chi connectivity index (χ4v) is 7.56. The number of hydrogen-bond donors (Lipinski definition) is 0. The van der Waals surface area contributed by atoms with Gasteiger partial charge in [0.25, 0.3) is 0 Å². The van der Waals surface area contributed by atoms with Gasteiger partial charge in [0, 0.05) is 26.2 Å². The molecule has 1 aliphatic rings. The van der Waals surface area contributed by atoms with Crippen molar-refractivity contribution in [3.8, 4) is 23.0 Å². The zero-order chi connectivity index (χ0) is 44.4. The van der Waals surface area contributed by atoms with E-state index in [4.69, 9.17) is 18.9 Å². The number of nitrogens with zero attached hydrogens (tertiary/aromatic N) is 2. The molecule has 0 radical (unpaired) electrons. The molecule has 0 heterocycles. The van der Waals surface area contributed by atoms with E-state index in [1.807, 2.05) is 146 Å². The van der Waals surface area contributed by atoms with Crippen molar-refractivity contribution in [3.05, 3.63) is 192 Å². The molecular weight excluding hydrogens is 805 g/mol. The van der Waals surface area contributed by atoms with Gasteiger partial charge in [-0.3, -0.25) is 9.59 Å². The average molecular weight is 859 g/mol. The molecule has 6 aromatic rings. The summed E-state index contributed by atoms with van der Waals surface area (Å²) in [7, 11) is 0. The first-order valence-corrected chi connectivity index (χ1v) is 22.1. The molecule has 0 N–H and O–H groups in total. The maximum atomic E-state index is 13.7. The fraction of sp³-hybridized carbons (Fsp3) is 0.259. The standard InChI is InChI=1S/C54H54N2O8/c57-51(63-53(59)55(37-15-13-21-41-17-5-1-6-18-41)39-43-27-31-47(32-28-43)61-45-23-9-3-10-24-45)49-35-36-50(49)52(58)64-54(60)56(38-16-14-22-42-19-7-2-8-20-42)40-44-29-33-48(34-30-44)62-46-25-11-4-12-26-46/h1-12,17-20,23-34,49-50H,13-16,21-22,35-40H2. The molecule has 1 saturated carbocycles. The number of amides is 2. The van der Waals surface area contributed by atoms with Gasteiger partial charge in [0.05, 0.1) is 11.8 Å². The van der Waals surface area contributed by atoms with Crippen molar-refractivity contribution < 1.29 is 38.1 Å². The summed E-state index contributed by atoms with van der Waals surface area (Å²) in [6.45, 7) is 1.13. The van der Waals surface area contributed by atoms with Gasteiger partial charge in [-0.2, -0.15) is 0 Å². The second-order valence-corrected chi connectivity index (χ2v) is 16.0. The summed E-state index contributed by atoms with van der Waals surface area (Å²) in [5, 5.41) is 0. The van der Waals surface area contributed by atoms with Gasteiger partial charge >= 0.3 is 24.1 Å². The molecule has 10 heteroatoms. The lowest BCUT2D eigenvalue weighted by molar-refractivity contribution is -0.161. The van der Waals surface area contributed by atoms with Gasteiger partial charge in [-0.05, 0) is 122 Å². The van der Waals surface area contributed by atoms with Crippen molar-refractivity contribution in [1.29, 1.82) is 0 Å². The number of carbonyl (C=O) groups excluding carboxylic acids is 4. The number of hydrogen-bond acceptors (Lipinski definition) is 8. The molecule has 0 saturated heterocycles. The smallest absolute Gasteiger partial charge is 0.417 e. The van der Waals surface area contributed by atoms with Crippen LogP contribution in [0.1, 0.15) is 60.8 Å². The SMILES string of the molecule is O=C(OC(=O)N(CCCCc1ccccc1)Cc1ccc(Oc2ccccc2)cc1)C1CCC1C(=O)OC(=O)N(CCCCc1ccccc1)Cc1ccc(Oc2ccccc2)cc1. The highest BCUT2D eigenvalue weighted by atomic mass is 16.6. The normalized spacial score (nSPS) is 14.1. The maximum Gasteiger partial charge on any atom is 0.417 e. The highest BCUT2D eigenvalue weighted by Gasteiger charge is 2.45. The molecule has 2 atom stereocenters.